The van der Waals surface area contributed by atoms with E-state index in [-0.39, 0.29) is 0 Å². The average Bonchev–Trinajstić information content (AvgIpc) is 2.93. The molecule has 0 unspecified atom stereocenters. The number of pyridine rings is 1. The zero-order valence-electron chi connectivity index (χ0n) is 15.0. The number of carbonyl (C=O) groups excluding carboxylic acids is 1. The van der Waals surface area contributed by atoms with Gasteiger partial charge in [-0.3, -0.25) is 9.50 Å². The van der Waals surface area contributed by atoms with Gasteiger partial charge in [0.05, 0.1) is 6.26 Å². The van der Waals surface area contributed by atoms with E-state index in [9.17, 15) is 13.2 Å². The lowest BCUT2D eigenvalue weighted by Crippen LogP contribution is -2.27. The molecule has 142 valence electrons. The van der Waals surface area contributed by atoms with Crippen LogP contribution in [-0.4, -0.2) is 41.5 Å². The van der Waals surface area contributed by atoms with E-state index in [4.69, 9.17) is 8.92 Å². The molecule has 2 aromatic rings. The van der Waals surface area contributed by atoms with E-state index in [1.54, 1.807) is 45.9 Å². The summed E-state index contributed by atoms with van der Waals surface area (Å²) in [5.74, 6) is 0.300. The van der Waals surface area contributed by atoms with Gasteiger partial charge in [-0.2, -0.15) is 8.42 Å². The fourth-order valence-electron chi connectivity index (χ4n) is 1.84. The van der Waals surface area contributed by atoms with Crippen LogP contribution in [0, 0.1) is 0 Å². The van der Waals surface area contributed by atoms with E-state index >= 15 is 0 Å². The first-order chi connectivity index (χ1) is 11.9. The smallest absolute Gasteiger partial charge is 0.413 e. The molecule has 2 rings (SSSR count). The molecule has 26 heavy (non-hydrogen) atoms. The number of nitrogens with one attached hydrogen (secondary N) is 1. The molecule has 11 heteroatoms. The van der Waals surface area contributed by atoms with E-state index in [0.717, 1.165) is 17.6 Å². The maximum Gasteiger partial charge on any atom is 0.413 e. The second kappa shape index (κ2) is 7.64. The molecule has 0 aliphatic rings. The zero-order chi connectivity index (χ0) is 19.5. The number of rotatable bonds is 5. The van der Waals surface area contributed by atoms with Gasteiger partial charge < -0.3 is 4.74 Å². The molecule has 0 radical (unpaired) electrons. The molecule has 1 N–H and O–H groups in total. The minimum atomic E-state index is -3.60. The monoisotopic (exact) mass is 400 g/mol. The van der Waals surface area contributed by atoms with Gasteiger partial charge in [0.15, 0.2) is 5.01 Å². The van der Waals surface area contributed by atoms with Gasteiger partial charge in [0.25, 0.3) is 10.1 Å². The molecule has 0 spiro atoms. The molecule has 1 amide bonds. The van der Waals surface area contributed by atoms with Crippen LogP contribution in [0.15, 0.2) is 18.2 Å². The lowest BCUT2D eigenvalue weighted by Gasteiger charge is -2.19. The molecule has 0 fully saturated rings. The Balaban J connectivity index is 2.14. The Kier molecular flexibility index (Phi) is 5.94. The molecule has 2 heterocycles. The van der Waals surface area contributed by atoms with Crippen molar-refractivity contribution in [3.8, 4) is 10.7 Å². The molecule has 9 nitrogen and oxygen atoms in total. The molecule has 0 aliphatic heterocycles. The van der Waals surface area contributed by atoms with Crippen molar-refractivity contribution in [1.29, 1.82) is 0 Å². The molecule has 0 aliphatic carbocycles. The van der Waals surface area contributed by atoms with Crippen molar-refractivity contribution in [2.75, 3.05) is 11.6 Å². The summed E-state index contributed by atoms with van der Waals surface area (Å²) in [6, 6.07) is 5.02. The summed E-state index contributed by atoms with van der Waals surface area (Å²) in [7, 11) is -3.60. The van der Waals surface area contributed by atoms with Crippen LogP contribution in [-0.2, 0) is 19.0 Å². The van der Waals surface area contributed by atoms with E-state index < -0.39 is 27.9 Å². The number of anilines is 1. The minimum Gasteiger partial charge on any atom is -0.444 e. The Morgan fingerprint density at radius 2 is 1.96 bits per heavy atom. The first kappa shape index (κ1) is 20.2. The van der Waals surface area contributed by atoms with Crippen molar-refractivity contribution in [3.63, 3.8) is 0 Å². The first-order valence-corrected chi connectivity index (χ1v) is 10.3. The third-order valence-electron chi connectivity index (χ3n) is 2.70. The van der Waals surface area contributed by atoms with E-state index in [1.807, 2.05) is 0 Å². The Hall–Kier alpha value is -2.11. The van der Waals surface area contributed by atoms with Gasteiger partial charge in [0.2, 0.25) is 0 Å². The van der Waals surface area contributed by atoms with Gasteiger partial charge in [0.1, 0.15) is 28.2 Å². The summed E-state index contributed by atoms with van der Waals surface area (Å²) in [5, 5.41) is 11.4. The number of aromatic nitrogens is 3. The largest absolute Gasteiger partial charge is 0.444 e. The second-order valence-electron chi connectivity index (χ2n) is 6.42. The predicted octanol–water partition coefficient (Wildman–Crippen LogP) is 2.98. The number of hydrogen-bond acceptors (Lipinski definition) is 9. The second-order valence-corrected chi connectivity index (χ2v) is 9.03. The van der Waals surface area contributed by atoms with Gasteiger partial charge in [-0.15, -0.1) is 10.2 Å². The normalized spacial score (nSPS) is 13.3. The van der Waals surface area contributed by atoms with E-state index in [2.05, 4.69) is 20.5 Å². The van der Waals surface area contributed by atoms with Crippen molar-refractivity contribution in [3.05, 3.63) is 23.2 Å². The van der Waals surface area contributed by atoms with Crippen molar-refractivity contribution in [1.82, 2.24) is 15.2 Å². The fraction of sp³-hybridized carbons (Fsp3) is 0.467. The third-order valence-corrected chi connectivity index (χ3v) is 4.45. The highest BCUT2D eigenvalue weighted by Gasteiger charge is 2.19. The summed E-state index contributed by atoms with van der Waals surface area (Å²) < 4.78 is 32.5. The summed E-state index contributed by atoms with van der Waals surface area (Å²) in [6.45, 7) is 6.86. The molecule has 0 saturated heterocycles. The van der Waals surface area contributed by atoms with Crippen molar-refractivity contribution >= 4 is 33.4 Å². The van der Waals surface area contributed by atoms with Crippen LogP contribution in [0.25, 0.3) is 10.7 Å². The lowest BCUT2D eigenvalue weighted by atomic mass is 10.2. The Morgan fingerprint density at radius 3 is 2.58 bits per heavy atom. The molecule has 0 saturated carbocycles. The lowest BCUT2D eigenvalue weighted by molar-refractivity contribution is 0.0635. The van der Waals surface area contributed by atoms with Crippen LogP contribution < -0.4 is 5.32 Å². The average molecular weight is 400 g/mol. The van der Waals surface area contributed by atoms with Gasteiger partial charge in [-0.1, -0.05) is 17.4 Å². The van der Waals surface area contributed by atoms with Gasteiger partial charge in [-0.25, -0.2) is 9.78 Å². The van der Waals surface area contributed by atoms with Crippen molar-refractivity contribution < 1.29 is 22.1 Å². The topological polar surface area (TPSA) is 120 Å². The predicted molar refractivity (Wildman–Crippen MR) is 97.3 cm³/mol. The maximum absolute atomic E-state index is 11.8. The number of amides is 1. The summed E-state index contributed by atoms with van der Waals surface area (Å²) in [6.07, 6.45) is -0.395. The highest BCUT2D eigenvalue weighted by molar-refractivity contribution is 7.86. The summed E-state index contributed by atoms with van der Waals surface area (Å²) in [5.41, 5.74) is -0.139. The quantitative estimate of drug-likeness (QED) is 0.761. The van der Waals surface area contributed by atoms with E-state index in [1.165, 1.54) is 0 Å². The van der Waals surface area contributed by atoms with Crippen LogP contribution in [0.5, 0.6) is 0 Å². The van der Waals surface area contributed by atoms with Crippen LogP contribution in [0.4, 0.5) is 10.6 Å². The number of carbonyl (C=O) groups is 1. The molecule has 2 aromatic heterocycles. The SMILES string of the molecule is C[C@H](OS(C)(=O)=O)c1nnc(-c2cccc(NC(=O)OC(C)(C)C)n2)s1. The summed E-state index contributed by atoms with van der Waals surface area (Å²) >= 11 is 1.15. The summed E-state index contributed by atoms with van der Waals surface area (Å²) in [4.78, 5) is 16.1. The van der Waals surface area contributed by atoms with Gasteiger partial charge in [0, 0.05) is 0 Å². The standard InChI is InChI=1S/C15H20N4O5S2/c1-9(24-26(5,21)22)12-18-19-13(25-12)10-7-6-8-11(16-10)17-14(20)23-15(2,3)4/h6-9H,1-5H3,(H,16,17,20)/t9-/m0/s1. The van der Waals surface area contributed by atoms with Crippen molar-refractivity contribution in [2.45, 2.75) is 39.4 Å². The molecular weight excluding hydrogens is 380 g/mol. The Labute approximate surface area is 155 Å². The molecule has 0 bridgehead atoms. The Bertz CT molecular complexity index is 889. The Morgan fingerprint density at radius 1 is 1.27 bits per heavy atom. The highest BCUT2D eigenvalue weighted by Crippen LogP contribution is 2.28. The number of hydrogen-bond donors (Lipinski definition) is 1. The van der Waals surface area contributed by atoms with Crippen molar-refractivity contribution in [2.24, 2.45) is 0 Å². The molecule has 1 atom stereocenters. The fourth-order valence-corrected chi connectivity index (χ4v) is 3.31. The molecule has 0 aromatic carbocycles. The van der Waals surface area contributed by atoms with Gasteiger partial charge >= 0.3 is 6.09 Å². The molecular formula is C15H20N4O5S2. The minimum absolute atomic E-state index is 0.300. The number of ether oxygens (including phenoxy) is 1. The third kappa shape index (κ3) is 6.32. The zero-order valence-corrected chi connectivity index (χ0v) is 16.6. The van der Waals surface area contributed by atoms with Crippen LogP contribution >= 0.6 is 11.3 Å². The maximum atomic E-state index is 11.8. The van der Waals surface area contributed by atoms with Crippen LogP contribution in [0.1, 0.15) is 38.8 Å². The van der Waals surface area contributed by atoms with Crippen LogP contribution in [0.3, 0.4) is 0 Å². The van der Waals surface area contributed by atoms with Gasteiger partial charge in [-0.05, 0) is 39.8 Å². The van der Waals surface area contributed by atoms with Crippen LogP contribution in [0.2, 0.25) is 0 Å². The highest BCUT2D eigenvalue weighted by atomic mass is 32.2. The van der Waals surface area contributed by atoms with E-state index in [0.29, 0.717) is 21.5 Å². The number of nitrogens with zero attached hydrogens (tertiary/aromatic N) is 3. The first-order valence-electron chi connectivity index (χ1n) is 7.62.